The average molecular weight is 373 g/mol. The third-order valence-corrected chi connectivity index (χ3v) is 5.81. The van der Waals surface area contributed by atoms with Gasteiger partial charge in [0.05, 0.1) is 18.2 Å². The number of fused-ring (bicyclic) bond motifs is 1. The van der Waals surface area contributed by atoms with Crippen LogP contribution in [0.25, 0.3) is 10.2 Å². The monoisotopic (exact) mass is 372 g/mol. The molecule has 0 N–H and O–H groups in total. The van der Waals surface area contributed by atoms with Gasteiger partial charge in [-0.3, -0.25) is 4.79 Å². The largest absolute Gasteiger partial charge is 0.495 e. The molecule has 1 aromatic heterocycles. The number of rotatable bonds is 5. The number of benzene rings is 2. The summed E-state index contributed by atoms with van der Waals surface area (Å²) in [4.78, 5) is 18.6. The van der Waals surface area contributed by atoms with Crippen molar-refractivity contribution < 1.29 is 9.53 Å². The molecule has 130 valence electrons. The number of amides is 1. The highest BCUT2D eigenvalue weighted by atomic mass is 32.2. The summed E-state index contributed by atoms with van der Waals surface area (Å²) in [6.07, 6.45) is 0.308. The number of aryl methyl sites for hydroxylation is 1. The van der Waals surface area contributed by atoms with E-state index in [1.54, 1.807) is 18.9 Å². The molecule has 1 amide bonds. The summed E-state index contributed by atoms with van der Waals surface area (Å²) in [5, 5.41) is 0. The lowest BCUT2D eigenvalue weighted by molar-refractivity contribution is -0.117. The van der Waals surface area contributed by atoms with Crippen LogP contribution in [0.15, 0.2) is 52.4 Å². The number of methoxy groups -OCH3 is 1. The molecule has 3 aromatic rings. The maximum absolute atomic E-state index is 12.4. The Labute approximate surface area is 155 Å². The van der Waals surface area contributed by atoms with Gasteiger partial charge in [0.2, 0.25) is 0 Å². The summed E-state index contributed by atoms with van der Waals surface area (Å²) in [7, 11) is 3.55. The number of nitrogens with zero attached hydrogens (tertiary/aromatic N) is 2. The molecule has 0 saturated carbocycles. The van der Waals surface area contributed by atoms with Crippen molar-refractivity contribution in [2.45, 2.75) is 18.2 Å². The number of hydrogen-bond acceptors (Lipinski definition) is 4. The van der Waals surface area contributed by atoms with Crippen molar-refractivity contribution in [3.05, 3.63) is 52.8 Å². The SMILES string of the molecule is CCSc1ccc(CC(=O)N=c2sc3cccc(OC)c3n2C)cc1. The second-order valence-corrected chi connectivity index (χ2v) is 7.86. The van der Waals surface area contributed by atoms with E-state index in [4.69, 9.17) is 4.74 Å². The molecule has 0 aliphatic heterocycles. The second kappa shape index (κ2) is 7.89. The van der Waals surface area contributed by atoms with Gasteiger partial charge < -0.3 is 9.30 Å². The van der Waals surface area contributed by atoms with E-state index in [2.05, 4.69) is 24.0 Å². The van der Waals surface area contributed by atoms with Crippen LogP contribution in [0.4, 0.5) is 0 Å². The molecule has 0 aliphatic rings. The Morgan fingerprint density at radius 1 is 1.24 bits per heavy atom. The van der Waals surface area contributed by atoms with Crippen LogP contribution in [0.1, 0.15) is 12.5 Å². The molecule has 0 atom stereocenters. The zero-order valence-corrected chi connectivity index (χ0v) is 16.1. The molecule has 0 bridgehead atoms. The fraction of sp³-hybridized carbons (Fsp3) is 0.263. The van der Waals surface area contributed by atoms with Crippen LogP contribution in [-0.4, -0.2) is 23.3 Å². The maximum atomic E-state index is 12.4. The Morgan fingerprint density at radius 3 is 2.68 bits per heavy atom. The molecule has 0 unspecified atom stereocenters. The van der Waals surface area contributed by atoms with Gasteiger partial charge in [-0.1, -0.05) is 36.5 Å². The summed E-state index contributed by atoms with van der Waals surface area (Å²) < 4.78 is 8.38. The van der Waals surface area contributed by atoms with Crippen molar-refractivity contribution in [1.29, 1.82) is 0 Å². The molecule has 0 fully saturated rings. The van der Waals surface area contributed by atoms with Gasteiger partial charge in [-0.05, 0) is 35.6 Å². The minimum Gasteiger partial charge on any atom is -0.495 e. The van der Waals surface area contributed by atoms with Crippen LogP contribution in [0.3, 0.4) is 0 Å². The van der Waals surface area contributed by atoms with Gasteiger partial charge in [-0.25, -0.2) is 0 Å². The van der Waals surface area contributed by atoms with Crippen LogP contribution in [-0.2, 0) is 18.3 Å². The van der Waals surface area contributed by atoms with E-state index in [9.17, 15) is 4.79 Å². The first-order valence-corrected chi connectivity index (χ1v) is 9.84. The summed E-state index contributed by atoms with van der Waals surface area (Å²) in [5.74, 6) is 1.69. The standard InChI is InChI=1S/C19H20N2O2S2/c1-4-24-14-10-8-13(9-11-14)12-17(22)20-19-21(2)18-15(23-3)6-5-7-16(18)25-19/h5-11H,4,12H2,1-3H3. The summed E-state index contributed by atoms with van der Waals surface area (Å²) in [5.41, 5.74) is 1.94. The van der Waals surface area contributed by atoms with Gasteiger partial charge >= 0.3 is 0 Å². The molecule has 6 heteroatoms. The third kappa shape index (κ3) is 3.96. The van der Waals surface area contributed by atoms with Gasteiger partial charge in [0.15, 0.2) is 4.80 Å². The molecule has 25 heavy (non-hydrogen) atoms. The van der Waals surface area contributed by atoms with Crippen LogP contribution < -0.4 is 9.54 Å². The number of hydrogen-bond donors (Lipinski definition) is 0. The van der Waals surface area contributed by atoms with Crippen LogP contribution in [0.2, 0.25) is 0 Å². The van der Waals surface area contributed by atoms with Crippen molar-refractivity contribution in [3.8, 4) is 5.75 Å². The van der Waals surface area contributed by atoms with Crippen molar-refractivity contribution in [3.63, 3.8) is 0 Å². The Balaban J connectivity index is 1.86. The lowest BCUT2D eigenvalue weighted by Gasteiger charge is -2.03. The smallest absolute Gasteiger partial charge is 0.252 e. The van der Waals surface area contributed by atoms with Gasteiger partial charge in [0, 0.05) is 11.9 Å². The minimum absolute atomic E-state index is 0.142. The van der Waals surface area contributed by atoms with E-state index in [1.807, 2.05) is 41.9 Å². The average Bonchev–Trinajstić information content (AvgIpc) is 2.93. The van der Waals surface area contributed by atoms with E-state index in [-0.39, 0.29) is 5.91 Å². The molecule has 0 aliphatic carbocycles. The Kier molecular flexibility index (Phi) is 5.60. The van der Waals surface area contributed by atoms with Crippen molar-refractivity contribution in [1.82, 2.24) is 4.57 Å². The molecule has 3 rings (SSSR count). The number of ether oxygens (including phenoxy) is 1. The van der Waals surface area contributed by atoms with Crippen molar-refractivity contribution in [2.24, 2.45) is 12.0 Å². The summed E-state index contributed by atoms with van der Waals surface area (Å²) >= 11 is 3.28. The third-order valence-electron chi connectivity index (χ3n) is 3.82. The van der Waals surface area contributed by atoms with Gasteiger partial charge in [0.25, 0.3) is 5.91 Å². The highest BCUT2D eigenvalue weighted by Crippen LogP contribution is 2.26. The number of thiazole rings is 1. The molecular formula is C19H20N2O2S2. The topological polar surface area (TPSA) is 43.6 Å². The minimum atomic E-state index is -0.142. The number of carbonyl (C=O) groups is 1. The molecule has 1 heterocycles. The first-order chi connectivity index (χ1) is 12.1. The molecule has 4 nitrogen and oxygen atoms in total. The zero-order valence-electron chi connectivity index (χ0n) is 14.5. The lowest BCUT2D eigenvalue weighted by Crippen LogP contribution is -2.14. The number of thioether (sulfide) groups is 1. The fourth-order valence-corrected chi connectivity index (χ4v) is 4.35. The fourth-order valence-electron chi connectivity index (χ4n) is 2.63. The van der Waals surface area contributed by atoms with Gasteiger partial charge in [-0.2, -0.15) is 4.99 Å². The predicted molar refractivity (Wildman–Crippen MR) is 104 cm³/mol. The molecule has 0 spiro atoms. The van der Waals surface area contributed by atoms with Gasteiger partial charge in [0.1, 0.15) is 11.3 Å². The lowest BCUT2D eigenvalue weighted by atomic mass is 10.1. The van der Waals surface area contributed by atoms with E-state index < -0.39 is 0 Å². The Hall–Kier alpha value is -2.05. The molecule has 0 radical (unpaired) electrons. The molecular weight excluding hydrogens is 352 g/mol. The molecule has 2 aromatic carbocycles. The highest BCUT2D eigenvalue weighted by Gasteiger charge is 2.10. The Bertz CT molecular complexity index is 956. The predicted octanol–water partition coefficient (Wildman–Crippen LogP) is 4.03. The summed E-state index contributed by atoms with van der Waals surface area (Å²) in [6, 6.07) is 14.0. The van der Waals surface area contributed by atoms with E-state index >= 15 is 0 Å². The van der Waals surface area contributed by atoms with Crippen molar-refractivity contribution >= 4 is 39.2 Å². The van der Waals surface area contributed by atoms with Crippen molar-refractivity contribution in [2.75, 3.05) is 12.9 Å². The van der Waals surface area contributed by atoms with Gasteiger partial charge in [-0.15, -0.1) is 11.8 Å². The maximum Gasteiger partial charge on any atom is 0.252 e. The molecule has 0 saturated heterocycles. The zero-order chi connectivity index (χ0) is 17.8. The Morgan fingerprint density at radius 2 is 2.00 bits per heavy atom. The van der Waals surface area contributed by atoms with E-state index in [1.165, 1.54) is 16.2 Å². The normalized spacial score (nSPS) is 11.9. The first kappa shape index (κ1) is 17.8. The van der Waals surface area contributed by atoms with E-state index in [0.717, 1.165) is 27.3 Å². The number of aromatic nitrogens is 1. The number of para-hydroxylation sites is 1. The first-order valence-electron chi connectivity index (χ1n) is 8.04. The summed E-state index contributed by atoms with van der Waals surface area (Å²) in [6.45, 7) is 2.13. The second-order valence-electron chi connectivity index (χ2n) is 5.51. The van der Waals surface area contributed by atoms with E-state index in [0.29, 0.717) is 11.2 Å². The van der Waals surface area contributed by atoms with Crippen LogP contribution in [0, 0.1) is 0 Å². The number of carbonyl (C=O) groups excluding carboxylic acids is 1. The van der Waals surface area contributed by atoms with Crippen LogP contribution >= 0.6 is 23.1 Å². The highest BCUT2D eigenvalue weighted by molar-refractivity contribution is 7.99. The quantitative estimate of drug-likeness (QED) is 0.635. The van der Waals surface area contributed by atoms with Crippen LogP contribution in [0.5, 0.6) is 5.75 Å².